The number of carbonyl (C=O) groups is 1. The lowest BCUT2D eigenvalue weighted by atomic mass is 9.36. The zero-order valence-corrected chi connectivity index (χ0v) is 19.6. The van der Waals surface area contributed by atoms with Crippen molar-refractivity contribution in [2.45, 2.75) is 119 Å². The summed E-state index contributed by atoms with van der Waals surface area (Å²) in [7, 11) is 0. The van der Waals surface area contributed by atoms with E-state index >= 15 is 0 Å². The van der Waals surface area contributed by atoms with E-state index in [1.807, 2.05) is 0 Å². The van der Waals surface area contributed by atoms with Crippen molar-refractivity contribution in [2.24, 2.45) is 38.9 Å². The molecule has 0 radical (unpaired) electrons. The topological polar surface area (TPSA) is 26.3 Å². The fourth-order valence-corrected chi connectivity index (χ4v) is 9.33. The van der Waals surface area contributed by atoms with Crippen LogP contribution in [-0.4, -0.2) is 12.1 Å². The summed E-state index contributed by atoms with van der Waals surface area (Å²) in [6, 6.07) is 0. The third-order valence-corrected chi connectivity index (χ3v) is 12.0. The monoisotopic (exact) mass is 388 g/mol. The molecule has 0 heterocycles. The molecule has 2 nitrogen and oxygen atoms in total. The maximum absolute atomic E-state index is 11.6. The first-order chi connectivity index (χ1) is 12.9. The Hall–Kier alpha value is -0.530. The first-order valence-electron chi connectivity index (χ1n) is 12.1. The Morgan fingerprint density at radius 2 is 1.50 bits per heavy atom. The Morgan fingerprint density at radius 1 is 0.857 bits per heavy atom. The van der Waals surface area contributed by atoms with Crippen LogP contribution in [0.15, 0.2) is 0 Å². The molecule has 0 amide bonds. The van der Waals surface area contributed by atoms with E-state index in [2.05, 4.69) is 41.5 Å². The first kappa shape index (κ1) is 20.7. The van der Waals surface area contributed by atoms with Gasteiger partial charge in [-0.1, -0.05) is 48.0 Å². The van der Waals surface area contributed by atoms with Gasteiger partial charge in [-0.3, -0.25) is 4.79 Å². The lowest BCUT2D eigenvalue weighted by molar-refractivity contribution is -0.207. The van der Waals surface area contributed by atoms with Crippen LogP contribution in [0.5, 0.6) is 0 Å². The summed E-state index contributed by atoms with van der Waals surface area (Å²) in [6.45, 7) is 17.1. The highest BCUT2D eigenvalue weighted by Gasteiger charge is 2.69. The number of esters is 1. The quantitative estimate of drug-likeness (QED) is 0.469. The molecule has 4 saturated carbocycles. The normalized spacial score (nSPS) is 55.8. The molecule has 0 unspecified atom stereocenters. The van der Waals surface area contributed by atoms with Crippen LogP contribution < -0.4 is 0 Å². The van der Waals surface area contributed by atoms with E-state index < -0.39 is 0 Å². The molecule has 0 aromatic carbocycles. The third kappa shape index (κ3) is 2.41. The minimum absolute atomic E-state index is 0.100. The number of hydrogen-bond donors (Lipinski definition) is 0. The van der Waals surface area contributed by atoms with Gasteiger partial charge in [0, 0.05) is 6.92 Å². The zero-order chi connectivity index (χ0) is 20.6. The Bertz CT molecular complexity index is 657. The molecule has 160 valence electrons. The van der Waals surface area contributed by atoms with Crippen molar-refractivity contribution in [1.82, 2.24) is 0 Å². The van der Waals surface area contributed by atoms with E-state index in [0.717, 1.165) is 24.7 Å². The van der Waals surface area contributed by atoms with Crippen molar-refractivity contribution >= 4 is 5.97 Å². The predicted octanol–water partition coefficient (Wildman–Crippen LogP) is 7.16. The van der Waals surface area contributed by atoms with E-state index in [1.54, 1.807) is 6.92 Å². The summed E-state index contributed by atoms with van der Waals surface area (Å²) in [6.07, 6.45) is 13.2. The van der Waals surface area contributed by atoms with Gasteiger partial charge in [0.25, 0.3) is 0 Å². The number of fused-ring (bicyclic) bond motifs is 5. The van der Waals surface area contributed by atoms with Crippen molar-refractivity contribution in [3.63, 3.8) is 0 Å². The minimum Gasteiger partial charge on any atom is -0.463 e. The van der Waals surface area contributed by atoms with Crippen LogP contribution in [0.4, 0.5) is 0 Å². The van der Waals surface area contributed by atoms with Gasteiger partial charge >= 0.3 is 5.97 Å². The molecule has 4 rings (SSSR count). The number of rotatable bonds is 2. The number of hydrogen-bond acceptors (Lipinski definition) is 2. The lowest BCUT2D eigenvalue weighted by Crippen LogP contribution is -2.61. The summed E-state index contributed by atoms with van der Waals surface area (Å²) < 4.78 is 5.69. The summed E-state index contributed by atoms with van der Waals surface area (Å²) in [4.78, 5) is 11.6. The van der Waals surface area contributed by atoms with Gasteiger partial charge in [0.15, 0.2) is 0 Å². The molecule has 4 aliphatic rings. The molecule has 0 saturated heterocycles. The second-order valence-electron chi connectivity index (χ2n) is 12.4. The Morgan fingerprint density at radius 3 is 2.14 bits per heavy atom. The highest BCUT2D eigenvalue weighted by Crippen LogP contribution is 2.77. The fourth-order valence-electron chi connectivity index (χ4n) is 9.33. The van der Waals surface area contributed by atoms with Gasteiger partial charge in [-0.25, -0.2) is 0 Å². The molecule has 0 N–H and O–H groups in total. The molecule has 28 heavy (non-hydrogen) atoms. The van der Waals surface area contributed by atoms with Gasteiger partial charge < -0.3 is 4.74 Å². The molecule has 4 aliphatic carbocycles. The SMILES string of the molecule is CC[C@]1(C)CC[C@]2(C)[C@H]3CC[C@@]4(C)C[C@@H](OC(C)=O)CC[C@]4(C)[C@@H]3CC[C@]12C. The molecule has 0 bridgehead atoms. The van der Waals surface area contributed by atoms with Crippen LogP contribution in [-0.2, 0) is 9.53 Å². The Kier molecular flexibility index (Phi) is 4.62. The molecule has 4 fully saturated rings. The average Bonchev–Trinajstić information content (AvgIpc) is 2.84. The zero-order valence-electron chi connectivity index (χ0n) is 19.6. The van der Waals surface area contributed by atoms with Crippen LogP contribution in [0.25, 0.3) is 0 Å². The van der Waals surface area contributed by atoms with Gasteiger partial charge in [-0.15, -0.1) is 0 Å². The predicted molar refractivity (Wildman–Crippen MR) is 115 cm³/mol. The van der Waals surface area contributed by atoms with Crippen molar-refractivity contribution in [3.8, 4) is 0 Å². The van der Waals surface area contributed by atoms with Crippen molar-refractivity contribution in [1.29, 1.82) is 0 Å². The summed E-state index contributed by atoms with van der Waals surface area (Å²) in [5.41, 5.74) is 2.24. The third-order valence-electron chi connectivity index (χ3n) is 12.0. The van der Waals surface area contributed by atoms with E-state index in [9.17, 15) is 4.79 Å². The highest BCUT2D eigenvalue weighted by molar-refractivity contribution is 5.66. The Labute approximate surface area is 173 Å². The van der Waals surface area contributed by atoms with Gasteiger partial charge in [0.1, 0.15) is 6.10 Å². The molecule has 8 atom stereocenters. The summed E-state index contributed by atoms with van der Waals surface area (Å²) in [5.74, 6) is 1.63. The van der Waals surface area contributed by atoms with Crippen molar-refractivity contribution in [3.05, 3.63) is 0 Å². The lowest BCUT2D eigenvalue weighted by Gasteiger charge is -2.68. The number of ether oxygens (including phenoxy) is 1. The van der Waals surface area contributed by atoms with Crippen molar-refractivity contribution in [2.75, 3.05) is 0 Å². The van der Waals surface area contributed by atoms with Gasteiger partial charge in [0.2, 0.25) is 0 Å². The van der Waals surface area contributed by atoms with E-state index in [1.165, 1.54) is 51.4 Å². The molecule has 0 aliphatic heterocycles. The van der Waals surface area contributed by atoms with Crippen molar-refractivity contribution < 1.29 is 9.53 Å². The second kappa shape index (κ2) is 6.24. The smallest absolute Gasteiger partial charge is 0.302 e. The molecule has 0 aromatic heterocycles. The molecule has 0 spiro atoms. The summed E-state index contributed by atoms with van der Waals surface area (Å²) >= 11 is 0. The fraction of sp³-hybridized carbons (Fsp3) is 0.962. The maximum atomic E-state index is 11.6. The number of carbonyl (C=O) groups excluding carboxylic acids is 1. The molecule has 2 heteroatoms. The largest absolute Gasteiger partial charge is 0.463 e. The van der Waals surface area contributed by atoms with E-state index in [0.29, 0.717) is 27.1 Å². The summed E-state index contributed by atoms with van der Waals surface area (Å²) in [5, 5.41) is 0. The van der Waals surface area contributed by atoms with Gasteiger partial charge in [-0.05, 0) is 96.7 Å². The first-order valence-corrected chi connectivity index (χ1v) is 12.1. The van der Waals surface area contributed by atoms with Crippen LogP contribution >= 0.6 is 0 Å². The van der Waals surface area contributed by atoms with Crippen LogP contribution in [0.3, 0.4) is 0 Å². The van der Waals surface area contributed by atoms with E-state index in [-0.39, 0.29) is 12.1 Å². The molecule has 0 aromatic rings. The molecular formula is C26H44O2. The minimum atomic E-state index is -0.100. The van der Waals surface area contributed by atoms with Crippen LogP contribution in [0, 0.1) is 38.9 Å². The van der Waals surface area contributed by atoms with Crippen LogP contribution in [0.1, 0.15) is 113 Å². The van der Waals surface area contributed by atoms with E-state index in [4.69, 9.17) is 4.74 Å². The van der Waals surface area contributed by atoms with Gasteiger partial charge in [-0.2, -0.15) is 0 Å². The Balaban J connectivity index is 1.65. The molecular weight excluding hydrogens is 344 g/mol. The average molecular weight is 389 g/mol. The standard InChI is InChI=1S/C26H44O2/c1-8-22(3)15-16-25(6)21-10-12-23(4)17-19(28-18(2)27)9-13-24(23,5)20(21)11-14-26(22,25)7/h19-21H,8-17H2,1-7H3/t19-,20+,21-,22+,23-,24+,25+,26+/m0/s1. The van der Waals surface area contributed by atoms with Gasteiger partial charge in [0.05, 0.1) is 0 Å². The second-order valence-corrected chi connectivity index (χ2v) is 12.4. The maximum Gasteiger partial charge on any atom is 0.302 e. The van der Waals surface area contributed by atoms with Crippen LogP contribution in [0.2, 0.25) is 0 Å². The highest BCUT2D eigenvalue weighted by atomic mass is 16.5.